The third-order valence-corrected chi connectivity index (χ3v) is 5.95. The minimum absolute atomic E-state index is 0.0127. The van der Waals surface area contributed by atoms with Crippen LogP contribution < -0.4 is 5.43 Å². The van der Waals surface area contributed by atoms with Crippen LogP contribution in [0.4, 0.5) is 0 Å². The number of carbonyl (C=O) groups excluding carboxylic acids is 1. The molecule has 2 aromatic carbocycles. The van der Waals surface area contributed by atoms with Gasteiger partial charge in [-0.1, -0.05) is 48.5 Å². The van der Waals surface area contributed by atoms with Gasteiger partial charge in [-0.15, -0.1) is 11.8 Å². The molecule has 1 N–H and O–H groups in total. The van der Waals surface area contributed by atoms with Gasteiger partial charge >= 0.3 is 0 Å². The lowest BCUT2D eigenvalue weighted by Crippen LogP contribution is -2.21. The summed E-state index contributed by atoms with van der Waals surface area (Å²) >= 11 is 1.68. The molecule has 0 heterocycles. The Hall–Kier alpha value is -2.07. The molecule has 3 nitrogen and oxygen atoms in total. The number of hydrogen-bond donors (Lipinski definition) is 1. The summed E-state index contributed by atoms with van der Waals surface area (Å²) < 4.78 is 0. The van der Waals surface area contributed by atoms with Gasteiger partial charge in [-0.3, -0.25) is 4.79 Å². The molecule has 2 aliphatic carbocycles. The SMILES string of the molecule is O=C(CSC1c2ccccc2-c2ccccc21)NN=C1CCCC1. The third-order valence-electron chi connectivity index (χ3n) is 4.68. The number of hydrazone groups is 1. The highest BCUT2D eigenvalue weighted by atomic mass is 32.2. The lowest BCUT2D eigenvalue weighted by atomic mass is 10.1. The van der Waals surface area contributed by atoms with Crippen molar-refractivity contribution in [3.8, 4) is 11.1 Å². The standard InChI is InChI=1S/C20H20N2OS/c23-19(22-21-14-7-1-2-8-14)13-24-20-17-11-5-3-9-15(17)16-10-4-6-12-18(16)20/h3-6,9-12,20H,1-2,7-8,13H2,(H,22,23). The van der Waals surface area contributed by atoms with Crippen LogP contribution in [-0.4, -0.2) is 17.4 Å². The van der Waals surface area contributed by atoms with Crippen molar-refractivity contribution in [2.75, 3.05) is 5.75 Å². The minimum Gasteiger partial charge on any atom is -0.272 e. The van der Waals surface area contributed by atoms with E-state index in [9.17, 15) is 4.79 Å². The lowest BCUT2D eigenvalue weighted by molar-refractivity contribution is -0.118. The average Bonchev–Trinajstić information content (AvgIpc) is 3.25. The summed E-state index contributed by atoms with van der Waals surface area (Å²) in [6, 6.07) is 17.0. The van der Waals surface area contributed by atoms with Crippen molar-refractivity contribution < 1.29 is 4.79 Å². The van der Waals surface area contributed by atoms with Crippen molar-refractivity contribution in [3.63, 3.8) is 0 Å². The Bertz CT molecular complexity index is 746. The normalized spacial score (nSPS) is 15.9. The highest BCUT2D eigenvalue weighted by Crippen LogP contribution is 2.49. The number of carbonyl (C=O) groups is 1. The summed E-state index contributed by atoms with van der Waals surface area (Å²) in [4.78, 5) is 12.1. The molecule has 1 amide bonds. The third kappa shape index (κ3) is 2.98. The van der Waals surface area contributed by atoms with E-state index in [2.05, 4.69) is 59.1 Å². The zero-order valence-corrected chi connectivity index (χ0v) is 14.3. The number of benzene rings is 2. The number of fused-ring (bicyclic) bond motifs is 3. The molecule has 0 spiro atoms. The second kappa shape index (κ2) is 6.81. The Balaban J connectivity index is 1.46. The fraction of sp³-hybridized carbons (Fsp3) is 0.300. The zero-order chi connectivity index (χ0) is 16.4. The summed E-state index contributed by atoms with van der Waals surface area (Å²) in [6.45, 7) is 0. The molecule has 2 aliphatic rings. The summed E-state index contributed by atoms with van der Waals surface area (Å²) in [5.41, 5.74) is 9.04. The Morgan fingerprint density at radius 2 is 1.58 bits per heavy atom. The van der Waals surface area contributed by atoms with Gasteiger partial charge in [0.15, 0.2) is 0 Å². The van der Waals surface area contributed by atoms with Crippen LogP contribution in [0.15, 0.2) is 53.6 Å². The topological polar surface area (TPSA) is 41.5 Å². The summed E-state index contributed by atoms with van der Waals surface area (Å²) in [6.07, 6.45) is 4.44. The first-order valence-corrected chi connectivity index (χ1v) is 9.52. The van der Waals surface area contributed by atoms with Gasteiger partial charge in [0.2, 0.25) is 5.91 Å². The minimum atomic E-state index is -0.0127. The second-order valence-corrected chi connectivity index (χ2v) is 7.38. The number of thioether (sulfide) groups is 1. The molecular weight excluding hydrogens is 316 g/mol. The molecule has 4 heteroatoms. The van der Waals surface area contributed by atoms with E-state index in [-0.39, 0.29) is 11.2 Å². The van der Waals surface area contributed by atoms with Gasteiger partial charge in [-0.05, 0) is 47.9 Å². The molecule has 4 rings (SSSR count). The van der Waals surface area contributed by atoms with Gasteiger partial charge in [0.1, 0.15) is 0 Å². The van der Waals surface area contributed by atoms with E-state index in [1.807, 2.05) is 0 Å². The first-order valence-electron chi connectivity index (χ1n) is 8.47. The van der Waals surface area contributed by atoms with Crippen LogP contribution in [-0.2, 0) is 4.79 Å². The number of hydrogen-bond acceptors (Lipinski definition) is 3. The van der Waals surface area contributed by atoms with E-state index >= 15 is 0 Å². The van der Waals surface area contributed by atoms with E-state index in [1.165, 1.54) is 35.1 Å². The van der Waals surface area contributed by atoms with E-state index in [1.54, 1.807) is 11.8 Å². The highest BCUT2D eigenvalue weighted by molar-refractivity contribution is 8.00. The van der Waals surface area contributed by atoms with Crippen molar-refractivity contribution in [2.45, 2.75) is 30.9 Å². The fourth-order valence-electron chi connectivity index (χ4n) is 3.52. The molecular formula is C20H20N2OS. The second-order valence-electron chi connectivity index (χ2n) is 6.29. The van der Waals surface area contributed by atoms with Crippen LogP contribution in [0.1, 0.15) is 42.1 Å². The quantitative estimate of drug-likeness (QED) is 0.833. The first-order chi connectivity index (χ1) is 11.8. The average molecular weight is 336 g/mol. The van der Waals surface area contributed by atoms with Gasteiger partial charge in [0.25, 0.3) is 0 Å². The van der Waals surface area contributed by atoms with E-state index in [4.69, 9.17) is 0 Å². The predicted octanol–water partition coefficient (Wildman–Crippen LogP) is 4.54. The van der Waals surface area contributed by atoms with Crippen LogP contribution in [0, 0.1) is 0 Å². The molecule has 1 saturated carbocycles. The van der Waals surface area contributed by atoms with Crippen LogP contribution >= 0.6 is 11.8 Å². The van der Waals surface area contributed by atoms with Crippen molar-refractivity contribution in [1.82, 2.24) is 5.43 Å². The van der Waals surface area contributed by atoms with Gasteiger partial charge in [-0.25, -0.2) is 5.43 Å². The summed E-state index contributed by atoms with van der Waals surface area (Å²) in [5.74, 6) is 0.408. The maximum atomic E-state index is 12.1. The van der Waals surface area contributed by atoms with Crippen molar-refractivity contribution in [1.29, 1.82) is 0 Å². The molecule has 0 saturated heterocycles. The summed E-state index contributed by atoms with van der Waals surface area (Å²) in [7, 11) is 0. The number of rotatable bonds is 4. The predicted molar refractivity (Wildman–Crippen MR) is 100 cm³/mol. The van der Waals surface area contributed by atoms with Crippen molar-refractivity contribution in [3.05, 3.63) is 59.7 Å². The molecule has 0 unspecified atom stereocenters. The number of nitrogens with one attached hydrogen (secondary N) is 1. The number of amides is 1. The molecule has 0 bridgehead atoms. The van der Waals surface area contributed by atoms with Crippen LogP contribution in [0.5, 0.6) is 0 Å². The molecule has 1 fully saturated rings. The molecule has 0 radical (unpaired) electrons. The largest absolute Gasteiger partial charge is 0.272 e. The smallest absolute Gasteiger partial charge is 0.250 e. The van der Waals surface area contributed by atoms with E-state index in [0.29, 0.717) is 5.75 Å². The molecule has 122 valence electrons. The highest BCUT2D eigenvalue weighted by Gasteiger charge is 2.28. The van der Waals surface area contributed by atoms with Crippen molar-refractivity contribution >= 4 is 23.4 Å². The fourth-order valence-corrected chi connectivity index (χ4v) is 4.67. The van der Waals surface area contributed by atoms with Gasteiger partial charge in [-0.2, -0.15) is 5.10 Å². The molecule has 2 aromatic rings. The zero-order valence-electron chi connectivity index (χ0n) is 13.5. The Kier molecular flexibility index (Phi) is 4.39. The van der Waals surface area contributed by atoms with Gasteiger partial charge in [0, 0.05) is 5.71 Å². The molecule has 0 atom stereocenters. The Labute approximate surface area is 146 Å². The van der Waals surface area contributed by atoms with Gasteiger partial charge in [0.05, 0.1) is 11.0 Å². The molecule has 0 aliphatic heterocycles. The first kappa shape index (κ1) is 15.5. The number of nitrogens with zero attached hydrogens (tertiary/aromatic N) is 1. The molecule has 0 aromatic heterocycles. The Morgan fingerprint density at radius 1 is 1.00 bits per heavy atom. The van der Waals surface area contributed by atoms with Crippen LogP contribution in [0.3, 0.4) is 0 Å². The van der Waals surface area contributed by atoms with Crippen LogP contribution in [0.25, 0.3) is 11.1 Å². The summed E-state index contributed by atoms with van der Waals surface area (Å²) in [5, 5.41) is 4.49. The van der Waals surface area contributed by atoms with E-state index in [0.717, 1.165) is 18.6 Å². The monoisotopic (exact) mass is 336 g/mol. The lowest BCUT2D eigenvalue weighted by Gasteiger charge is -2.12. The maximum absolute atomic E-state index is 12.1. The van der Waals surface area contributed by atoms with Gasteiger partial charge < -0.3 is 0 Å². The Morgan fingerprint density at radius 3 is 2.21 bits per heavy atom. The molecule has 24 heavy (non-hydrogen) atoms. The van der Waals surface area contributed by atoms with E-state index < -0.39 is 0 Å². The van der Waals surface area contributed by atoms with Crippen LogP contribution in [0.2, 0.25) is 0 Å². The van der Waals surface area contributed by atoms with Crippen molar-refractivity contribution in [2.24, 2.45) is 5.10 Å². The maximum Gasteiger partial charge on any atom is 0.250 e.